The molecule has 3 N–H and O–H groups in total. The Morgan fingerprint density at radius 2 is 0.648 bits per heavy atom. The molecule has 0 aliphatic rings. The van der Waals surface area contributed by atoms with Crippen LogP contribution in [0, 0.1) is 0 Å². The van der Waals surface area contributed by atoms with Crippen molar-refractivity contribution in [2.45, 2.75) is 379 Å². The number of hydrogen-bond acceptors (Lipinski definition) is 5. The van der Waals surface area contributed by atoms with Gasteiger partial charge in [-0.3, -0.25) is 9.59 Å². The normalized spacial score (nSPS) is 12.6. The molecule has 0 bridgehead atoms. The lowest BCUT2D eigenvalue weighted by atomic mass is 10.0. The van der Waals surface area contributed by atoms with Crippen molar-refractivity contribution in [2.24, 2.45) is 0 Å². The summed E-state index contributed by atoms with van der Waals surface area (Å²) < 4.78 is 5.50. The number of carbonyl (C=O) groups excluding carboxylic acids is 2. The number of unbranched alkanes of at least 4 members (excludes halogenated alkanes) is 50. The van der Waals surface area contributed by atoms with Crippen LogP contribution in [-0.4, -0.2) is 47.4 Å². The van der Waals surface area contributed by atoms with Crippen molar-refractivity contribution >= 4 is 11.9 Å². The largest absolute Gasteiger partial charge is 0.466 e. The van der Waals surface area contributed by atoms with Gasteiger partial charge in [0.25, 0.3) is 0 Å². The third kappa shape index (κ3) is 57.7. The predicted octanol–water partition coefficient (Wildman–Crippen LogP) is 20.4. The van der Waals surface area contributed by atoms with Crippen molar-refractivity contribution in [1.82, 2.24) is 5.32 Å². The minimum Gasteiger partial charge on any atom is -0.466 e. The molecule has 0 spiro atoms. The maximum atomic E-state index is 12.4. The molecule has 0 aliphatic carbocycles. The first-order chi connectivity index (χ1) is 35.0. The molecule has 2 unspecified atom stereocenters. The summed E-state index contributed by atoms with van der Waals surface area (Å²) in [7, 11) is 0. The fourth-order valence-electron chi connectivity index (χ4n) is 10.3. The van der Waals surface area contributed by atoms with E-state index in [-0.39, 0.29) is 18.5 Å². The van der Waals surface area contributed by atoms with Crippen LogP contribution < -0.4 is 5.32 Å². The van der Waals surface area contributed by atoms with Crippen LogP contribution in [0.5, 0.6) is 0 Å². The van der Waals surface area contributed by atoms with E-state index < -0.39 is 12.1 Å². The molecule has 0 rings (SSSR count). The van der Waals surface area contributed by atoms with Gasteiger partial charge < -0.3 is 20.3 Å². The Hall–Kier alpha value is -1.40. The Labute approximate surface area is 444 Å². The first kappa shape index (κ1) is 69.6. The van der Waals surface area contributed by atoms with Crippen molar-refractivity contribution in [3.05, 3.63) is 12.2 Å². The number of nitrogens with one attached hydrogen (secondary N) is 1. The van der Waals surface area contributed by atoms with E-state index in [2.05, 4.69) is 19.2 Å². The molecule has 0 saturated carbocycles. The summed E-state index contributed by atoms with van der Waals surface area (Å²) >= 11 is 0. The van der Waals surface area contributed by atoms with Crippen LogP contribution in [0.1, 0.15) is 367 Å². The lowest BCUT2D eigenvalue weighted by Gasteiger charge is -2.20. The van der Waals surface area contributed by atoms with Gasteiger partial charge in [0.1, 0.15) is 0 Å². The zero-order valence-electron chi connectivity index (χ0n) is 48.2. The number of aliphatic hydroxyl groups is 2. The fraction of sp³-hybridized carbons (Fsp3) is 0.938. The Morgan fingerprint density at radius 1 is 0.380 bits per heavy atom. The highest BCUT2D eigenvalue weighted by molar-refractivity contribution is 5.76. The predicted molar refractivity (Wildman–Crippen MR) is 310 cm³/mol. The third-order valence-electron chi connectivity index (χ3n) is 15.3. The number of allylic oxidation sites excluding steroid dienone is 1. The van der Waals surface area contributed by atoms with Gasteiger partial charge in [-0.1, -0.05) is 334 Å². The van der Waals surface area contributed by atoms with E-state index in [0.717, 1.165) is 38.5 Å². The molecule has 0 aliphatic heterocycles. The van der Waals surface area contributed by atoms with E-state index in [4.69, 9.17) is 4.74 Å². The van der Waals surface area contributed by atoms with Gasteiger partial charge in [-0.15, -0.1) is 0 Å². The summed E-state index contributed by atoms with van der Waals surface area (Å²) in [6.45, 7) is 4.92. The van der Waals surface area contributed by atoms with E-state index in [1.54, 1.807) is 6.08 Å². The summed E-state index contributed by atoms with van der Waals surface area (Å²) in [6, 6.07) is -0.623. The first-order valence-corrected chi connectivity index (χ1v) is 32.5. The number of hydrogen-bond donors (Lipinski definition) is 3. The van der Waals surface area contributed by atoms with Crippen molar-refractivity contribution < 1.29 is 24.5 Å². The van der Waals surface area contributed by atoms with Gasteiger partial charge in [0.2, 0.25) is 5.91 Å². The van der Waals surface area contributed by atoms with E-state index in [1.165, 1.54) is 302 Å². The molecular weight excluding hydrogens is 875 g/mol. The van der Waals surface area contributed by atoms with Crippen molar-refractivity contribution in [3.8, 4) is 0 Å². The van der Waals surface area contributed by atoms with Crippen LogP contribution in [0.3, 0.4) is 0 Å². The molecule has 0 radical (unpaired) electrons. The SMILES string of the molecule is CCCCCCCCCC/C=C/C(O)C(CO)NC(=O)CCCCCCCCCCCCCCCCCCCCCCCCCCCCCCOC(=O)CCCCCCCCCCCCCCCCCC. The summed E-state index contributed by atoms with van der Waals surface area (Å²) in [4.78, 5) is 24.5. The Kier molecular flexibility index (Phi) is 59.9. The molecule has 0 aromatic rings. The summed E-state index contributed by atoms with van der Waals surface area (Å²) in [5, 5.41) is 23.0. The molecule has 0 aromatic heterocycles. The van der Waals surface area contributed by atoms with E-state index in [1.807, 2.05) is 6.08 Å². The molecule has 0 heterocycles. The van der Waals surface area contributed by atoms with Crippen molar-refractivity contribution in [1.29, 1.82) is 0 Å². The second-order valence-electron chi connectivity index (χ2n) is 22.5. The zero-order valence-corrected chi connectivity index (χ0v) is 48.2. The van der Waals surface area contributed by atoms with Gasteiger partial charge in [0.05, 0.1) is 25.4 Å². The van der Waals surface area contributed by atoms with Gasteiger partial charge in [-0.05, 0) is 32.1 Å². The third-order valence-corrected chi connectivity index (χ3v) is 15.3. The summed E-state index contributed by atoms with van der Waals surface area (Å²) in [5.74, 6) is -0.0426. The smallest absolute Gasteiger partial charge is 0.305 e. The lowest BCUT2D eigenvalue weighted by molar-refractivity contribution is -0.143. The molecule has 0 saturated heterocycles. The topological polar surface area (TPSA) is 95.9 Å². The molecule has 6 nitrogen and oxygen atoms in total. The van der Waals surface area contributed by atoms with Crippen LogP contribution >= 0.6 is 0 Å². The minimum absolute atomic E-state index is 0.0224. The number of ether oxygens (including phenoxy) is 1. The maximum Gasteiger partial charge on any atom is 0.305 e. The van der Waals surface area contributed by atoms with E-state index in [9.17, 15) is 19.8 Å². The van der Waals surface area contributed by atoms with Gasteiger partial charge in [-0.25, -0.2) is 0 Å². The molecule has 0 fully saturated rings. The highest BCUT2D eigenvalue weighted by Crippen LogP contribution is 2.18. The molecule has 422 valence electrons. The minimum atomic E-state index is -0.839. The Morgan fingerprint density at radius 3 is 0.958 bits per heavy atom. The fourth-order valence-corrected chi connectivity index (χ4v) is 10.3. The lowest BCUT2D eigenvalue weighted by Crippen LogP contribution is -2.45. The Balaban J connectivity index is 3.31. The number of rotatable bonds is 61. The number of carbonyl (C=O) groups is 2. The van der Waals surface area contributed by atoms with Gasteiger partial charge >= 0.3 is 5.97 Å². The van der Waals surface area contributed by atoms with Crippen LogP contribution in [0.15, 0.2) is 12.2 Å². The molecule has 0 aromatic carbocycles. The standard InChI is InChI=1S/C65H127NO5/c1-3-5-7-9-11-13-15-16-17-33-36-39-43-47-51-55-59-65(70)71-60-56-52-48-44-40-37-34-31-29-27-25-23-21-19-18-20-22-24-26-28-30-32-35-38-42-46-50-54-58-64(69)66-62(61-67)63(68)57-53-49-45-41-14-12-10-8-6-4-2/h53,57,62-63,67-68H,3-52,54-56,58-61H2,1-2H3,(H,66,69)/b57-53+. The van der Waals surface area contributed by atoms with Crippen molar-refractivity contribution in [3.63, 3.8) is 0 Å². The van der Waals surface area contributed by atoms with Crippen molar-refractivity contribution in [2.75, 3.05) is 13.2 Å². The number of amides is 1. The summed E-state index contributed by atoms with van der Waals surface area (Å²) in [6.07, 6.45) is 74.3. The van der Waals surface area contributed by atoms with Crippen LogP contribution in [-0.2, 0) is 14.3 Å². The second-order valence-corrected chi connectivity index (χ2v) is 22.5. The average Bonchev–Trinajstić information content (AvgIpc) is 3.37. The molecular formula is C65H127NO5. The highest BCUT2D eigenvalue weighted by Gasteiger charge is 2.18. The zero-order chi connectivity index (χ0) is 51.4. The first-order valence-electron chi connectivity index (χ1n) is 32.5. The van der Waals surface area contributed by atoms with E-state index in [0.29, 0.717) is 19.4 Å². The average molecular weight is 1000 g/mol. The van der Waals surface area contributed by atoms with Gasteiger partial charge in [0.15, 0.2) is 0 Å². The van der Waals surface area contributed by atoms with Gasteiger partial charge in [-0.2, -0.15) is 0 Å². The monoisotopic (exact) mass is 1000 g/mol. The number of esters is 1. The van der Waals surface area contributed by atoms with Crippen LogP contribution in [0.25, 0.3) is 0 Å². The molecule has 71 heavy (non-hydrogen) atoms. The number of aliphatic hydroxyl groups excluding tert-OH is 2. The quantitative estimate of drug-likeness (QED) is 0.0320. The molecule has 1 amide bonds. The Bertz CT molecular complexity index is 1060. The van der Waals surface area contributed by atoms with E-state index >= 15 is 0 Å². The van der Waals surface area contributed by atoms with Crippen LogP contribution in [0.4, 0.5) is 0 Å². The summed E-state index contributed by atoms with van der Waals surface area (Å²) in [5.41, 5.74) is 0. The molecule has 2 atom stereocenters. The highest BCUT2D eigenvalue weighted by atomic mass is 16.5. The maximum absolute atomic E-state index is 12.4. The molecule has 6 heteroatoms. The van der Waals surface area contributed by atoms with Gasteiger partial charge in [0, 0.05) is 12.8 Å². The van der Waals surface area contributed by atoms with Crippen LogP contribution in [0.2, 0.25) is 0 Å². The second kappa shape index (κ2) is 61.1.